The lowest BCUT2D eigenvalue weighted by Gasteiger charge is -2.29. The monoisotopic (exact) mass is 441 g/mol. The van der Waals surface area contributed by atoms with Crippen LogP contribution in [0.5, 0.6) is 0 Å². The molecular weight excluding hydrogens is 414 g/mol. The second-order valence-electron chi connectivity index (χ2n) is 8.17. The van der Waals surface area contributed by atoms with E-state index >= 15 is 0 Å². The van der Waals surface area contributed by atoms with Crippen molar-refractivity contribution in [2.45, 2.75) is 38.6 Å². The van der Waals surface area contributed by atoms with Crippen molar-refractivity contribution >= 4 is 40.9 Å². The zero-order valence-electron chi connectivity index (χ0n) is 17.7. The van der Waals surface area contributed by atoms with E-state index in [1.807, 2.05) is 23.8 Å². The molecule has 9 heteroatoms. The topological polar surface area (TPSA) is 88.0 Å². The summed E-state index contributed by atoms with van der Waals surface area (Å²) in [6.07, 6.45) is 8.06. The molecule has 0 atom stereocenters. The molecule has 2 fully saturated rings. The second kappa shape index (κ2) is 9.20. The molecule has 31 heavy (non-hydrogen) atoms. The Labute approximate surface area is 187 Å². The van der Waals surface area contributed by atoms with Crippen LogP contribution in [0.1, 0.15) is 37.3 Å². The van der Waals surface area contributed by atoms with E-state index in [2.05, 4.69) is 31.6 Å². The van der Waals surface area contributed by atoms with Gasteiger partial charge >= 0.3 is 0 Å². The number of rotatable bonds is 4. The number of aromatic nitrogens is 4. The summed E-state index contributed by atoms with van der Waals surface area (Å²) < 4.78 is 1.86. The van der Waals surface area contributed by atoms with E-state index in [1.165, 1.54) is 0 Å². The molecule has 3 aromatic heterocycles. The van der Waals surface area contributed by atoms with Gasteiger partial charge in [0.1, 0.15) is 11.5 Å². The lowest BCUT2D eigenvalue weighted by Crippen LogP contribution is -2.43. The van der Waals surface area contributed by atoms with Gasteiger partial charge in [0.15, 0.2) is 0 Å². The van der Waals surface area contributed by atoms with E-state index in [4.69, 9.17) is 4.98 Å². The predicted molar refractivity (Wildman–Crippen MR) is 126 cm³/mol. The number of halogens is 1. The summed E-state index contributed by atoms with van der Waals surface area (Å²) in [6, 6.07) is 5.94. The quantitative estimate of drug-likeness (QED) is 0.642. The summed E-state index contributed by atoms with van der Waals surface area (Å²) in [6.45, 7) is 5.90. The average Bonchev–Trinajstić information content (AvgIpc) is 3.29. The van der Waals surface area contributed by atoms with Crippen LogP contribution >= 0.6 is 12.4 Å². The van der Waals surface area contributed by atoms with Crippen molar-refractivity contribution < 1.29 is 0 Å². The third-order valence-electron chi connectivity index (χ3n) is 6.16. The van der Waals surface area contributed by atoms with Gasteiger partial charge in [-0.2, -0.15) is 4.98 Å². The number of piperazine rings is 1. The van der Waals surface area contributed by atoms with Crippen LogP contribution in [0.25, 0.3) is 11.0 Å². The highest BCUT2D eigenvalue weighted by molar-refractivity contribution is 5.85. The van der Waals surface area contributed by atoms with Gasteiger partial charge in [-0.15, -0.1) is 12.4 Å². The van der Waals surface area contributed by atoms with Crippen LogP contribution in [0.2, 0.25) is 0 Å². The molecule has 0 radical (unpaired) electrons. The summed E-state index contributed by atoms with van der Waals surface area (Å²) in [5, 5.41) is 7.49. The highest BCUT2D eigenvalue weighted by Gasteiger charge is 2.21. The minimum absolute atomic E-state index is 0. The predicted octanol–water partition coefficient (Wildman–Crippen LogP) is 3.19. The number of hydrogen-bond acceptors (Lipinski definition) is 7. The molecule has 0 bridgehead atoms. The van der Waals surface area contributed by atoms with Gasteiger partial charge in [-0.3, -0.25) is 9.36 Å². The first-order valence-electron chi connectivity index (χ1n) is 10.8. The van der Waals surface area contributed by atoms with Crippen molar-refractivity contribution in [3.05, 3.63) is 46.5 Å². The third-order valence-corrected chi connectivity index (χ3v) is 6.16. The summed E-state index contributed by atoms with van der Waals surface area (Å²) in [5.41, 5.74) is 2.76. The van der Waals surface area contributed by atoms with Crippen molar-refractivity contribution in [3.8, 4) is 0 Å². The molecule has 0 spiro atoms. The van der Waals surface area contributed by atoms with Crippen LogP contribution in [-0.4, -0.2) is 45.7 Å². The van der Waals surface area contributed by atoms with E-state index in [0.29, 0.717) is 17.4 Å². The van der Waals surface area contributed by atoms with E-state index in [-0.39, 0.29) is 24.0 Å². The molecule has 2 aliphatic rings. The minimum Gasteiger partial charge on any atom is -0.368 e. The second-order valence-corrected chi connectivity index (χ2v) is 8.17. The molecule has 1 saturated heterocycles. The maximum Gasteiger partial charge on any atom is 0.252 e. The van der Waals surface area contributed by atoms with E-state index < -0.39 is 0 Å². The Bertz CT molecular complexity index is 1100. The molecular formula is C22H28ClN7O. The van der Waals surface area contributed by atoms with Crippen molar-refractivity contribution in [1.82, 2.24) is 24.8 Å². The minimum atomic E-state index is 0. The molecule has 1 aliphatic heterocycles. The van der Waals surface area contributed by atoms with Gasteiger partial charge in [0.05, 0.1) is 11.9 Å². The Balaban J connectivity index is 0.00000231. The molecule has 0 amide bonds. The van der Waals surface area contributed by atoms with Crippen molar-refractivity contribution in [2.75, 3.05) is 36.4 Å². The molecule has 8 nitrogen and oxygen atoms in total. The first-order valence-corrected chi connectivity index (χ1v) is 10.8. The molecule has 4 heterocycles. The van der Waals surface area contributed by atoms with Gasteiger partial charge in [-0.25, -0.2) is 9.97 Å². The van der Waals surface area contributed by atoms with Crippen molar-refractivity contribution in [1.29, 1.82) is 0 Å². The number of fused-ring (bicyclic) bond motifs is 1. The fourth-order valence-electron chi connectivity index (χ4n) is 4.53. The number of anilines is 3. The van der Waals surface area contributed by atoms with Crippen LogP contribution in [0.3, 0.4) is 0 Å². The maximum atomic E-state index is 12.8. The molecule has 2 N–H and O–H groups in total. The smallest absolute Gasteiger partial charge is 0.252 e. The van der Waals surface area contributed by atoms with Gasteiger partial charge < -0.3 is 15.5 Å². The summed E-state index contributed by atoms with van der Waals surface area (Å²) in [5.74, 6) is 1.15. The maximum absolute atomic E-state index is 12.8. The Morgan fingerprint density at radius 2 is 1.87 bits per heavy atom. The molecule has 1 aliphatic carbocycles. The van der Waals surface area contributed by atoms with Gasteiger partial charge in [0.25, 0.3) is 5.56 Å². The van der Waals surface area contributed by atoms with Crippen molar-refractivity contribution in [3.63, 3.8) is 0 Å². The van der Waals surface area contributed by atoms with Gasteiger partial charge in [-0.1, -0.05) is 12.8 Å². The number of aryl methyl sites for hydroxylation is 1. The Morgan fingerprint density at radius 1 is 1.10 bits per heavy atom. The van der Waals surface area contributed by atoms with Crippen LogP contribution in [-0.2, 0) is 0 Å². The first kappa shape index (κ1) is 21.5. The van der Waals surface area contributed by atoms with E-state index in [9.17, 15) is 4.79 Å². The molecule has 1 saturated carbocycles. The SMILES string of the molecule is Cc1cc(=O)n(C2CCCC2)c2nc(Nc3ccc(N4CCNCC4)cn3)ncc12.Cl. The van der Waals surface area contributed by atoms with Gasteiger partial charge in [-0.05, 0) is 37.5 Å². The number of hydrogen-bond donors (Lipinski definition) is 2. The van der Waals surface area contributed by atoms with Gasteiger partial charge in [0, 0.05) is 49.9 Å². The van der Waals surface area contributed by atoms with Gasteiger partial charge in [0.2, 0.25) is 5.95 Å². The standard InChI is InChI=1S/C22H27N7O.ClH/c1-15-12-20(30)29(16-4-2-3-5-16)21-18(15)14-25-22(27-21)26-19-7-6-17(13-24-19)28-10-8-23-9-11-28;/h6-7,12-14,16,23H,2-5,8-11H2,1H3,(H,24,25,26,27);1H. The van der Waals surface area contributed by atoms with E-state index in [0.717, 1.165) is 68.5 Å². The lowest BCUT2D eigenvalue weighted by molar-refractivity contribution is 0.515. The summed E-state index contributed by atoms with van der Waals surface area (Å²) in [7, 11) is 0. The fourth-order valence-corrected chi connectivity index (χ4v) is 4.53. The van der Waals surface area contributed by atoms with E-state index in [1.54, 1.807) is 12.3 Å². The normalized spacial score (nSPS) is 17.0. The molecule has 3 aromatic rings. The molecule has 5 rings (SSSR count). The molecule has 164 valence electrons. The molecule has 0 unspecified atom stereocenters. The summed E-state index contributed by atoms with van der Waals surface area (Å²) >= 11 is 0. The zero-order valence-corrected chi connectivity index (χ0v) is 18.5. The number of nitrogens with zero attached hydrogens (tertiary/aromatic N) is 5. The highest BCUT2D eigenvalue weighted by atomic mass is 35.5. The van der Waals surface area contributed by atoms with Crippen molar-refractivity contribution in [2.24, 2.45) is 0 Å². The first-order chi connectivity index (χ1) is 14.7. The molecule has 0 aromatic carbocycles. The Morgan fingerprint density at radius 3 is 2.58 bits per heavy atom. The Hall–Kier alpha value is -2.71. The fraction of sp³-hybridized carbons (Fsp3) is 0.455. The third kappa shape index (κ3) is 4.36. The Kier molecular flexibility index (Phi) is 6.38. The zero-order chi connectivity index (χ0) is 20.5. The van der Waals surface area contributed by atoms with Crippen LogP contribution in [0.4, 0.5) is 17.5 Å². The summed E-state index contributed by atoms with van der Waals surface area (Å²) in [4.78, 5) is 28.8. The highest BCUT2D eigenvalue weighted by Crippen LogP contribution is 2.31. The van der Waals surface area contributed by atoms with Crippen LogP contribution in [0.15, 0.2) is 35.4 Å². The lowest BCUT2D eigenvalue weighted by atomic mass is 10.1. The average molecular weight is 442 g/mol. The van der Waals surface area contributed by atoms with Crippen LogP contribution in [0, 0.1) is 6.92 Å². The van der Waals surface area contributed by atoms with Crippen LogP contribution < -0.4 is 21.1 Å². The largest absolute Gasteiger partial charge is 0.368 e. The number of nitrogens with one attached hydrogen (secondary N) is 2. The number of pyridine rings is 2.